The summed E-state index contributed by atoms with van der Waals surface area (Å²) in [5.41, 5.74) is 15.3. The Morgan fingerprint density at radius 3 is 1.72 bits per heavy atom. The van der Waals surface area contributed by atoms with Crippen LogP contribution >= 0.6 is 11.3 Å². The van der Waals surface area contributed by atoms with Crippen LogP contribution in [0.1, 0.15) is 22.3 Å². The third kappa shape index (κ3) is 5.60. The Morgan fingerprint density at radius 1 is 0.328 bits per heavy atom. The zero-order valence-electron chi connectivity index (χ0n) is 33.4. The van der Waals surface area contributed by atoms with Crippen molar-refractivity contribution in [2.75, 3.05) is 4.90 Å². The molecule has 0 atom stereocenters. The maximum atomic E-state index is 2.46. The number of hydrogen-bond donors (Lipinski definition) is 0. The summed E-state index contributed by atoms with van der Waals surface area (Å²) in [4.78, 5) is 2.45. The second-order valence-corrected chi connectivity index (χ2v) is 17.0. The number of nitrogens with zero attached hydrogens (tertiary/aromatic N) is 1. The highest BCUT2D eigenvalue weighted by molar-refractivity contribution is 7.26. The first kappa shape index (κ1) is 35.4. The quantitative estimate of drug-likeness (QED) is 0.155. The largest absolute Gasteiger partial charge is 0.310 e. The minimum absolute atomic E-state index is 0.506. The summed E-state index contributed by atoms with van der Waals surface area (Å²) in [5, 5.41) is 5.12. The molecule has 12 rings (SSSR count). The average molecular weight is 794 g/mol. The SMILES string of the molecule is c1ccc(C2(c3ccccc3)c3ccccc3-c3ccc(N(c4ccc(-c5cccc6c5sc5ccccc56)cc4)c4cccc(-c5cccc6ccccc56)c4)cc32)cc1. The topological polar surface area (TPSA) is 3.24 Å². The van der Waals surface area contributed by atoms with Gasteiger partial charge in [0.25, 0.3) is 0 Å². The van der Waals surface area contributed by atoms with Crippen LogP contribution in [0.5, 0.6) is 0 Å². The lowest BCUT2D eigenvalue weighted by Gasteiger charge is -2.35. The van der Waals surface area contributed by atoms with Gasteiger partial charge in [0.1, 0.15) is 0 Å². The third-order valence-electron chi connectivity index (χ3n) is 12.7. The molecule has 286 valence electrons. The molecule has 0 unspecified atom stereocenters. The molecule has 1 aromatic heterocycles. The Labute approximate surface area is 360 Å². The number of fused-ring (bicyclic) bond motifs is 7. The van der Waals surface area contributed by atoms with Gasteiger partial charge in [-0.3, -0.25) is 0 Å². The lowest BCUT2D eigenvalue weighted by atomic mass is 9.67. The molecular formula is C59H39NS. The van der Waals surface area contributed by atoms with Crippen molar-refractivity contribution in [3.63, 3.8) is 0 Å². The van der Waals surface area contributed by atoms with Crippen molar-refractivity contribution in [3.8, 4) is 33.4 Å². The lowest BCUT2D eigenvalue weighted by molar-refractivity contribution is 0.768. The van der Waals surface area contributed by atoms with Gasteiger partial charge in [-0.2, -0.15) is 0 Å². The molecule has 0 bridgehead atoms. The molecule has 1 heterocycles. The van der Waals surface area contributed by atoms with Crippen molar-refractivity contribution >= 4 is 59.3 Å². The van der Waals surface area contributed by atoms with Gasteiger partial charge in [-0.15, -0.1) is 11.3 Å². The number of anilines is 3. The maximum Gasteiger partial charge on any atom is 0.0714 e. The standard InChI is InChI=1S/C59H39NS/c1-3-19-43(20-4-1)59(44-21-5-2-6-22-44)55-30-11-9-25-51(55)52-37-36-47(39-56(52)59)60(46-23-13-18-42(38-46)49-27-14-17-40-16-7-8-24-48(40)49)45-34-32-41(33-35-45)50-28-15-29-54-53-26-10-12-31-57(53)61-58(50)54/h1-39H. The highest BCUT2D eigenvalue weighted by atomic mass is 32.1. The van der Waals surface area contributed by atoms with Crippen molar-refractivity contribution in [2.45, 2.75) is 5.41 Å². The molecule has 11 aromatic rings. The molecule has 1 aliphatic carbocycles. The molecule has 0 N–H and O–H groups in total. The molecule has 1 nitrogen and oxygen atoms in total. The minimum Gasteiger partial charge on any atom is -0.310 e. The maximum absolute atomic E-state index is 2.46. The smallest absolute Gasteiger partial charge is 0.0714 e. The summed E-state index contributed by atoms with van der Waals surface area (Å²) < 4.78 is 2.65. The number of thiophene rings is 1. The highest BCUT2D eigenvalue weighted by Crippen LogP contribution is 2.57. The Hall–Kier alpha value is -7.52. The van der Waals surface area contributed by atoms with E-state index in [9.17, 15) is 0 Å². The number of rotatable bonds is 7. The van der Waals surface area contributed by atoms with E-state index in [0.717, 1.165) is 17.1 Å². The second-order valence-electron chi connectivity index (χ2n) is 16.0. The summed E-state index contributed by atoms with van der Waals surface area (Å²) in [6.07, 6.45) is 0. The molecule has 0 radical (unpaired) electrons. The lowest BCUT2D eigenvalue weighted by Crippen LogP contribution is -2.28. The summed E-state index contributed by atoms with van der Waals surface area (Å²) >= 11 is 1.88. The van der Waals surface area contributed by atoms with Gasteiger partial charge in [0.2, 0.25) is 0 Å². The molecule has 0 amide bonds. The molecule has 0 saturated heterocycles. The normalized spacial score (nSPS) is 12.7. The molecule has 1 aliphatic rings. The minimum atomic E-state index is -0.506. The van der Waals surface area contributed by atoms with Crippen LogP contribution in [0, 0.1) is 0 Å². The average Bonchev–Trinajstić information content (AvgIpc) is 3.86. The Balaban J connectivity index is 1.07. The fourth-order valence-electron chi connectivity index (χ4n) is 10.1. The van der Waals surface area contributed by atoms with Gasteiger partial charge < -0.3 is 4.90 Å². The molecule has 0 saturated carbocycles. The van der Waals surface area contributed by atoms with Crippen LogP contribution in [0.3, 0.4) is 0 Å². The predicted octanol–water partition coefficient (Wildman–Crippen LogP) is 16.4. The van der Waals surface area contributed by atoms with E-state index in [1.54, 1.807) is 0 Å². The van der Waals surface area contributed by atoms with Gasteiger partial charge in [-0.05, 0) is 109 Å². The van der Waals surface area contributed by atoms with Crippen molar-refractivity contribution in [1.82, 2.24) is 0 Å². The molecular weight excluding hydrogens is 755 g/mol. The van der Waals surface area contributed by atoms with E-state index in [-0.39, 0.29) is 0 Å². The van der Waals surface area contributed by atoms with Crippen molar-refractivity contribution < 1.29 is 0 Å². The van der Waals surface area contributed by atoms with Gasteiger partial charge in [-0.25, -0.2) is 0 Å². The van der Waals surface area contributed by atoms with Gasteiger partial charge in [0, 0.05) is 37.2 Å². The van der Waals surface area contributed by atoms with E-state index >= 15 is 0 Å². The van der Waals surface area contributed by atoms with Crippen LogP contribution < -0.4 is 4.90 Å². The van der Waals surface area contributed by atoms with Gasteiger partial charge in [0.05, 0.1) is 5.41 Å². The first-order valence-electron chi connectivity index (χ1n) is 21.0. The predicted molar refractivity (Wildman–Crippen MR) is 260 cm³/mol. The van der Waals surface area contributed by atoms with E-state index in [2.05, 4.69) is 241 Å². The van der Waals surface area contributed by atoms with Crippen LogP contribution in [0.2, 0.25) is 0 Å². The molecule has 0 spiro atoms. The van der Waals surface area contributed by atoms with Crippen LogP contribution in [0.25, 0.3) is 64.3 Å². The molecule has 0 aliphatic heterocycles. The van der Waals surface area contributed by atoms with Crippen LogP contribution in [0.15, 0.2) is 237 Å². The zero-order valence-corrected chi connectivity index (χ0v) is 34.2. The monoisotopic (exact) mass is 793 g/mol. The first-order chi connectivity index (χ1) is 30.3. The molecule has 10 aromatic carbocycles. The fraction of sp³-hybridized carbons (Fsp3) is 0.0169. The summed E-state index contributed by atoms with van der Waals surface area (Å²) in [5.74, 6) is 0. The summed E-state index contributed by atoms with van der Waals surface area (Å²) in [6.45, 7) is 0. The van der Waals surface area contributed by atoms with Gasteiger partial charge in [0.15, 0.2) is 0 Å². The third-order valence-corrected chi connectivity index (χ3v) is 14.0. The highest BCUT2D eigenvalue weighted by Gasteiger charge is 2.46. The van der Waals surface area contributed by atoms with Crippen molar-refractivity contribution in [1.29, 1.82) is 0 Å². The van der Waals surface area contributed by atoms with Crippen LogP contribution in [0.4, 0.5) is 17.1 Å². The summed E-state index contributed by atoms with van der Waals surface area (Å²) in [6, 6.07) is 87.3. The van der Waals surface area contributed by atoms with Crippen LogP contribution in [-0.2, 0) is 5.41 Å². The Kier molecular flexibility index (Phi) is 8.33. The second kappa shape index (κ2) is 14.3. The van der Waals surface area contributed by atoms with Crippen molar-refractivity contribution in [3.05, 3.63) is 259 Å². The van der Waals surface area contributed by atoms with E-state index in [1.807, 2.05) is 11.3 Å². The van der Waals surface area contributed by atoms with Gasteiger partial charge in [-0.1, -0.05) is 194 Å². The van der Waals surface area contributed by atoms with E-state index < -0.39 is 5.41 Å². The number of benzene rings is 10. The first-order valence-corrected chi connectivity index (χ1v) is 21.8. The summed E-state index contributed by atoms with van der Waals surface area (Å²) in [7, 11) is 0. The molecule has 0 fully saturated rings. The van der Waals surface area contributed by atoms with E-state index in [4.69, 9.17) is 0 Å². The fourth-order valence-corrected chi connectivity index (χ4v) is 11.3. The van der Waals surface area contributed by atoms with Crippen LogP contribution in [-0.4, -0.2) is 0 Å². The zero-order chi connectivity index (χ0) is 40.3. The molecule has 2 heteroatoms. The van der Waals surface area contributed by atoms with Crippen molar-refractivity contribution in [2.24, 2.45) is 0 Å². The Bertz CT molecular complexity index is 3370. The van der Waals surface area contributed by atoms with Gasteiger partial charge >= 0.3 is 0 Å². The molecule has 61 heavy (non-hydrogen) atoms. The van der Waals surface area contributed by atoms with E-state index in [0.29, 0.717) is 0 Å². The number of hydrogen-bond acceptors (Lipinski definition) is 2. The Morgan fingerprint density at radius 2 is 0.902 bits per heavy atom. The van der Waals surface area contributed by atoms with E-state index in [1.165, 1.54) is 86.6 Å².